The van der Waals surface area contributed by atoms with Crippen LogP contribution < -0.4 is 15.8 Å². The number of primary amides is 1. The molecule has 0 unspecified atom stereocenters. The third-order valence-corrected chi connectivity index (χ3v) is 4.34. The molecule has 1 atom stereocenters. The van der Waals surface area contributed by atoms with Crippen LogP contribution in [0.1, 0.15) is 19.3 Å². The molecule has 0 radical (unpaired) electrons. The highest BCUT2D eigenvalue weighted by molar-refractivity contribution is 5.93. The average molecular weight is 416 g/mol. The second-order valence-electron chi connectivity index (χ2n) is 6.79. The Balaban J connectivity index is 1.84. The van der Waals surface area contributed by atoms with Gasteiger partial charge in [0.05, 0.1) is 13.1 Å². The van der Waals surface area contributed by atoms with Gasteiger partial charge in [-0.25, -0.2) is 0 Å². The molecule has 0 saturated carbocycles. The quantitative estimate of drug-likeness (QED) is 0.698. The van der Waals surface area contributed by atoms with E-state index in [1.165, 1.54) is 21.9 Å². The maximum Gasteiger partial charge on any atom is 0.573 e. The molecule has 0 aromatic heterocycles. The zero-order valence-electron chi connectivity index (χ0n) is 15.9. The van der Waals surface area contributed by atoms with Gasteiger partial charge in [-0.3, -0.25) is 19.3 Å². The van der Waals surface area contributed by atoms with Gasteiger partial charge in [-0.2, -0.15) is 0 Å². The fraction of sp³-hybridized carbons (Fsp3) is 0.500. The number of halogens is 3. The van der Waals surface area contributed by atoms with E-state index in [2.05, 4.69) is 10.1 Å². The van der Waals surface area contributed by atoms with Crippen molar-refractivity contribution in [3.63, 3.8) is 0 Å². The maximum atomic E-state index is 12.5. The Morgan fingerprint density at radius 2 is 1.86 bits per heavy atom. The lowest BCUT2D eigenvalue weighted by Gasteiger charge is -2.34. The van der Waals surface area contributed by atoms with E-state index in [9.17, 15) is 27.6 Å². The van der Waals surface area contributed by atoms with Crippen molar-refractivity contribution in [3.05, 3.63) is 24.3 Å². The van der Waals surface area contributed by atoms with Crippen LogP contribution in [0.2, 0.25) is 0 Å². The molecule has 0 aliphatic carbocycles. The number of rotatable bonds is 7. The summed E-state index contributed by atoms with van der Waals surface area (Å²) in [6.07, 6.45) is -2.66. The van der Waals surface area contributed by atoms with Crippen LogP contribution in [0.25, 0.3) is 0 Å². The molecule has 1 aliphatic rings. The number of carbonyl (C=O) groups excluding carboxylic acids is 3. The highest BCUT2D eigenvalue weighted by Gasteiger charge is 2.32. The fourth-order valence-corrected chi connectivity index (χ4v) is 3.09. The number of nitrogens with two attached hydrogens (primary N) is 1. The van der Waals surface area contributed by atoms with Gasteiger partial charge in [0, 0.05) is 12.2 Å². The van der Waals surface area contributed by atoms with Crippen molar-refractivity contribution in [1.82, 2.24) is 9.80 Å². The minimum atomic E-state index is -4.79. The zero-order chi connectivity index (χ0) is 21.6. The number of likely N-dealkylation sites (N-methyl/N-ethyl adjacent to an activating group) is 1. The summed E-state index contributed by atoms with van der Waals surface area (Å²) in [6, 6.07) is 4.08. The second kappa shape index (κ2) is 9.59. The lowest BCUT2D eigenvalue weighted by Crippen LogP contribution is -2.53. The van der Waals surface area contributed by atoms with Crippen LogP contribution >= 0.6 is 0 Å². The predicted octanol–water partition coefficient (Wildman–Crippen LogP) is 1.32. The van der Waals surface area contributed by atoms with Gasteiger partial charge in [-0.05, 0) is 50.6 Å². The number of ether oxygens (including phenoxy) is 1. The van der Waals surface area contributed by atoms with Crippen molar-refractivity contribution in [2.24, 2.45) is 5.73 Å². The molecule has 1 aromatic rings. The Kier molecular flexibility index (Phi) is 7.43. The molecule has 1 heterocycles. The van der Waals surface area contributed by atoms with Crippen molar-refractivity contribution in [2.45, 2.75) is 31.7 Å². The minimum Gasteiger partial charge on any atom is -0.406 e. The third-order valence-electron chi connectivity index (χ3n) is 4.34. The largest absolute Gasteiger partial charge is 0.573 e. The molecule has 1 fully saturated rings. The second-order valence-corrected chi connectivity index (χ2v) is 6.79. The first-order valence-corrected chi connectivity index (χ1v) is 8.98. The van der Waals surface area contributed by atoms with Gasteiger partial charge in [0.15, 0.2) is 0 Å². The van der Waals surface area contributed by atoms with Gasteiger partial charge in [0.1, 0.15) is 11.8 Å². The fourth-order valence-electron chi connectivity index (χ4n) is 3.09. The number of nitrogens with zero attached hydrogens (tertiary/aromatic N) is 2. The molecule has 1 aliphatic heterocycles. The summed E-state index contributed by atoms with van der Waals surface area (Å²) in [7, 11) is 1.57. The molecule has 3 N–H and O–H groups in total. The van der Waals surface area contributed by atoms with E-state index in [0.29, 0.717) is 13.0 Å². The monoisotopic (exact) mass is 416 g/mol. The van der Waals surface area contributed by atoms with Crippen LogP contribution in [0.15, 0.2) is 24.3 Å². The third kappa shape index (κ3) is 7.26. The summed E-state index contributed by atoms with van der Waals surface area (Å²) in [6.45, 7) is 0.246. The van der Waals surface area contributed by atoms with Crippen LogP contribution in [-0.2, 0) is 14.4 Å². The number of hydrogen-bond donors (Lipinski definition) is 2. The number of carbonyl (C=O) groups is 3. The molecule has 160 valence electrons. The maximum absolute atomic E-state index is 12.5. The van der Waals surface area contributed by atoms with Crippen LogP contribution in [0, 0.1) is 0 Å². The average Bonchev–Trinajstić information content (AvgIpc) is 2.61. The molecule has 8 nitrogen and oxygen atoms in total. The summed E-state index contributed by atoms with van der Waals surface area (Å²) in [4.78, 5) is 39.0. The molecular weight excluding hydrogens is 393 g/mol. The molecule has 11 heteroatoms. The number of amides is 3. The van der Waals surface area contributed by atoms with Crippen molar-refractivity contribution in [2.75, 3.05) is 32.0 Å². The van der Waals surface area contributed by atoms with E-state index in [1.807, 2.05) is 0 Å². The molecule has 29 heavy (non-hydrogen) atoms. The van der Waals surface area contributed by atoms with Gasteiger partial charge in [-0.1, -0.05) is 0 Å². The highest BCUT2D eigenvalue weighted by Crippen LogP contribution is 2.24. The summed E-state index contributed by atoms with van der Waals surface area (Å²) >= 11 is 0. The van der Waals surface area contributed by atoms with E-state index < -0.39 is 30.0 Å². The lowest BCUT2D eigenvalue weighted by molar-refractivity contribution is -0.274. The number of anilines is 1. The standard InChI is InChI=1S/C18H23F3N4O4/c1-24(11-16(27)25-9-3-2-4-14(25)17(22)28)10-15(26)23-12-5-7-13(8-6-12)29-18(19,20)21/h5-8,14H,2-4,9-11H2,1H3,(H2,22,28)(H,23,26)/t14-/m1/s1. The Labute approximate surface area is 165 Å². The van der Waals surface area contributed by atoms with Crippen LogP contribution in [0.5, 0.6) is 5.75 Å². The highest BCUT2D eigenvalue weighted by atomic mass is 19.4. The van der Waals surface area contributed by atoms with Crippen LogP contribution in [0.4, 0.5) is 18.9 Å². The van der Waals surface area contributed by atoms with Gasteiger partial charge < -0.3 is 20.7 Å². The number of nitrogens with one attached hydrogen (secondary N) is 1. The van der Waals surface area contributed by atoms with E-state index in [4.69, 9.17) is 5.73 Å². The molecule has 1 aromatic carbocycles. The van der Waals surface area contributed by atoms with Gasteiger partial charge in [0.25, 0.3) is 0 Å². The number of piperidine rings is 1. The van der Waals surface area contributed by atoms with E-state index in [0.717, 1.165) is 25.0 Å². The minimum absolute atomic E-state index is 0.0738. The molecular formula is C18H23F3N4O4. The van der Waals surface area contributed by atoms with Crippen LogP contribution in [-0.4, -0.2) is 66.6 Å². The summed E-state index contributed by atoms with van der Waals surface area (Å²) in [5, 5.41) is 2.53. The molecule has 0 spiro atoms. The lowest BCUT2D eigenvalue weighted by atomic mass is 10.0. The van der Waals surface area contributed by atoms with E-state index in [1.54, 1.807) is 7.05 Å². The molecule has 1 saturated heterocycles. The summed E-state index contributed by atoms with van der Waals surface area (Å²) < 4.78 is 40.2. The normalized spacial score (nSPS) is 17.1. The Hall–Kier alpha value is -2.82. The smallest absolute Gasteiger partial charge is 0.406 e. The first-order chi connectivity index (χ1) is 13.5. The number of benzene rings is 1. The summed E-state index contributed by atoms with van der Waals surface area (Å²) in [5.74, 6) is -1.69. The van der Waals surface area contributed by atoms with E-state index in [-0.39, 0.29) is 24.7 Å². The van der Waals surface area contributed by atoms with Gasteiger partial charge in [0.2, 0.25) is 17.7 Å². The zero-order valence-corrected chi connectivity index (χ0v) is 15.9. The van der Waals surface area contributed by atoms with Crippen molar-refractivity contribution in [3.8, 4) is 5.75 Å². The SMILES string of the molecule is CN(CC(=O)Nc1ccc(OC(F)(F)F)cc1)CC(=O)N1CCCC[C@@H]1C(N)=O. The Morgan fingerprint density at radius 3 is 2.45 bits per heavy atom. The number of hydrogen-bond acceptors (Lipinski definition) is 5. The van der Waals surface area contributed by atoms with E-state index >= 15 is 0 Å². The molecule has 0 bridgehead atoms. The van der Waals surface area contributed by atoms with Crippen molar-refractivity contribution in [1.29, 1.82) is 0 Å². The van der Waals surface area contributed by atoms with Gasteiger partial charge in [-0.15, -0.1) is 13.2 Å². The topological polar surface area (TPSA) is 105 Å². The number of likely N-dealkylation sites (tertiary alicyclic amines) is 1. The van der Waals surface area contributed by atoms with Crippen molar-refractivity contribution < 1.29 is 32.3 Å². The Bertz CT molecular complexity index is 740. The van der Waals surface area contributed by atoms with Crippen molar-refractivity contribution >= 4 is 23.4 Å². The summed E-state index contributed by atoms with van der Waals surface area (Å²) in [5.41, 5.74) is 5.64. The predicted molar refractivity (Wildman–Crippen MR) is 97.8 cm³/mol. The van der Waals surface area contributed by atoms with Gasteiger partial charge >= 0.3 is 6.36 Å². The Morgan fingerprint density at radius 1 is 1.21 bits per heavy atom. The molecule has 3 amide bonds. The first-order valence-electron chi connectivity index (χ1n) is 8.98. The van der Waals surface area contributed by atoms with Crippen LogP contribution in [0.3, 0.4) is 0 Å². The number of alkyl halides is 3. The molecule has 2 rings (SSSR count). The first kappa shape index (κ1) is 22.5.